The van der Waals surface area contributed by atoms with Gasteiger partial charge in [-0.2, -0.15) is 0 Å². The predicted molar refractivity (Wildman–Crippen MR) is 134 cm³/mol. The average molecular weight is 486 g/mol. The fourth-order valence-electron chi connectivity index (χ4n) is 4.32. The minimum Gasteiger partial charge on any atom is -0.481 e. The molecule has 1 amide bonds. The third-order valence-electron chi connectivity index (χ3n) is 6.39. The number of hydrogen-bond acceptors (Lipinski definition) is 4. The summed E-state index contributed by atoms with van der Waals surface area (Å²) in [6.07, 6.45) is 4.74. The van der Waals surface area contributed by atoms with E-state index in [-0.39, 0.29) is 23.5 Å². The number of nitrogens with one attached hydrogen (secondary N) is 1. The summed E-state index contributed by atoms with van der Waals surface area (Å²) < 4.78 is 16.6. The van der Waals surface area contributed by atoms with E-state index in [2.05, 4.69) is 10.3 Å². The number of halogens is 1. The maximum Gasteiger partial charge on any atom is 0.303 e. The van der Waals surface area contributed by atoms with E-state index in [4.69, 9.17) is 5.11 Å². The number of carboxylic acids is 1. The Kier molecular flexibility index (Phi) is 6.10. The zero-order valence-electron chi connectivity index (χ0n) is 19.6. The van der Waals surface area contributed by atoms with Gasteiger partial charge in [-0.15, -0.1) is 0 Å². The molecule has 1 aliphatic rings. The molecule has 0 bridgehead atoms. The molecule has 0 unspecified atom stereocenters. The van der Waals surface area contributed by atoms with Gasteiger partial charge in [0.05, 0.1) is 11.8 Å². The molecule has 2 aromatic carbocycles. The van der Waals surface area contributed by atoms with E-state index >= 15 is 0 Å². The summed E-state index contributed by atoms with van der Waals surface area (Å²) in [6.45, 7) is 1.68. The van der Waals surface area contributed by atoms with E-state index in [1.54, 1.807) is 48.0 Å². The Balaban J connectivity index is 1.57. The molecule has 0 aliphatic heterocycles. The molecule has 2 heterocycles. The molecule has 1 saturated carbocycles. The van der Waals surface area contributed by atoms with Crippen LogP contribution in [0, 0.1) is 5.82 Å². The number of amides is 1. The maximum absolute atomic E-state index is 14.9. The lowest BCUT2D eigenvalue weighted by Crippen LogP contribution is -2.31. The topological polar surface area (TPSA) is 101 Å². The van der Waals surface area contributed by atoms with Crippen LogP contribution in [0.4, 0.5) is 4.39 Å². The number of rotatable bonds is 7. The normalized spacial score (nSPS) is 13.9. The van der Waals surface area contributed by atoms with Gasteiger partial charge >= 0.3 is 5.97 Å². The van der Waals surface area contributed by atoms with Crippen molar-refractivity contribution in [2.75, 3.05) is 0 Å². The number of aromatic nitrogens is 2. The number of benzene rings is 2. The fourth-order valence-corrected chi connectivity index (χ4v) is 4.32. The van der Waals surface area contributed by atoms with E-state index in [9.17, 15) is 18.8 Å². The molecular weight excluding hydrogens is 461 g/mol. The summed E-state index contributed by atoms with van der Waals surface area (Å²) >= 11 is 0. The monoisotopic (exact) mass is 485 g/mol. The molecule has 1 fully saturated rings. The zero-order chi connectivity index (χ0) is 25.4. The molecule has 0 spiro atoms. The second kappa shape index (κ2) is 9.37. The van der Waals surface area contributed by atoms with Crippen LogP contribution in [0.5, 0.6) is 0 Å². The van der Waals surface area contributed by atoms with E-state index in [0.29, 0.717) is 27.8 Å². The average Bonchev–Trinajstić information content (AvgIpc) is 3.68. The van der Waals surface area contributed by atoms with Gasteiger partial charge in [0.2, 0.25) is 5.43 Å². The fraction of sp³-hybridized carbons (Fsp3) is 0.214. The van der Waals surface area contributed by atoms with Crippen molar-refractivity contribution in [3.05, 3.63) is 94.2 Å². The van der Waals surface area contributed by atoms with Crippen molar-refractivity contribution in [1.29, 1.82) is 0 Å². The van der Waals surface area contributed by atoms with Crippen LogP contribution in [0.15, 0.2) is 71.8 Å². The number of carboxylic acid groups (broad SMARTS) is 1. The predicted octanol–water partition coefficient (Wildman–Crippen LogP) is 4.66. The van der Waals surface area contributed by atoms with Crippen molar-refractivity contribution in [2.45, 2.75) is 38.1 Å². The van der Waals surface area contributed by atoms with Gasteiger partial charge in [-0.3, -0.25) is 14.4 Å². The summed E-state index contributed by atoms with van der Waals surface area (Å²) in [7, 11) is 0. The van der Waals surface area contributed by atoms with Gasteiger partial charge in [-0.1, -0.05) is 31.2 Å². The van der Waals surface area contributed by atoms with E-state index in [0.717, 1.165) is 18.4 Å². The first-order valence-electron chi connectivity index (χ1n) is 11.7. The van der Waals surface area contributed by atoms with Gasteiger partial charge < -0.3 is 15.0 Å². The molecule has 182 valence electrons. The molecule has 7 nitrogen and oxygen atoms in total. The van der Waals surface area contributed by atoms with Crippen LogP contribution < -0.4 is 10.7 Å². The lowest BCUT2D eigenvalue weighted by Gasteiger charge is -2.15. The molecule has 1 aliphatic carbocycles. The molecular formula is C28H24FN3O4. The molecule has 4 aromatic rings. The van der Waals surface area contributed by atoms with Gasteiger partial charge in [0, 0.05) is 24.1 Å². The standard InChI is InChI=1S/C28H24FN3O4/c1-16(12-25(33)34)21-10-7-18(14-24(21)29)17-4-2-5-20(13-17)32-15-23(28(36)31-19-8-9-19)26(35)22-6-3-11-30-27(22)32/h2-7,10-11,13-16,19H,8-9,12H2,1H3,(H,31,36)(H,33,34)/t16-/m1/s1. The van der Waals surface area contributed by atoms with Crippen molar-refractivity contribution in [1.82, 2.24) is 14.9 Å². The molecule has 2 aromatic heterocycles. The van der Waals surface area contributed by atoms with Crippen molar-refractivity contribution in [3.63, 3.8) is 0 Å². The Morgan fingerprint density at radius 1 is 1.14 bits per heavy atom. The number of aliphatic carboxylic acids is 1. The van der Waals surface area contributed by atoms with Crippen LogP contribution in [0.25, 0.3) is 27.8 Å². The Labute approximate surface area is 206 Å². The number of fused-ring (bicyclic) bond motifs is 1. The van der Waals surface area contributed by atoms with Crippen LogP contribution >= 0.6 is 0 Å². The summed E-state index contributed by atoms with van der Waals surface area (Å²) in [4.78, 5) is 41.2. The number of carbonyl (C=O) groups excluding carboxylic acids is 1. The summed E-state index contributed by atoms with van der Waals surface area (Å²) in [5.41, 5.74) is 2.40. The molecule has 36 heavy (non-hydrogen) atoms. The molecule has 0 saturated heterocycles. The third kappa shape index (κ3) is 4.62. The van der Waals surface area contributed by atoms with Gasteiger partial charge in [0.15, 0.2) is 0 Å². The maximum atomic E-state index is 14.9. The quantitative estimate of drug-likeness (QED) is 0.396. The van der Waals surface area contributed by atoms with Crippen LogP contribution in [-0.2, 0) is 4.79 Å². The molecule has 2 N–H and O–H groups in total. The highest BCUT2D eigenvalue weighted by molar-refractivity contribution is 5.97. The van der Waals surface area contributed by atoms with E-state index in [1.165, 1.54) is 12.3 Å². The van der Waals surface area contributed by atoms with Gasteiger partial charge in [-0.05, 0) is 65.8 Å². The van der Waals surface area contributed by atoms with Crippen molar-refractivity contribution in [3.8, 4) is 16.8 Å². The van der Waals surface area contributed by atoms with E-state index < -0.39 is 23.6 Å². The number of carbonyl (C=O) groups is 2. The van der Waals surface area contributed by atoms with E-state index in [1.807, 2.05) is 18.2 Å². The summed E-state index contributed by atoms with van der Waals surface area (Å²) in [6, 6.07) is 15.5. The third-order valence-corrected chi connectivity index (χ3v) is 6.39. The van der Waals surface area contributed by atoms with Crippen molar-refractivity contribution in [2.24, 2.45) is 0 Å². The van der Waals surface area contributed by atoms with Gasteiger partial charge in [0.1, 0.15) is 17.0 Å². The smallest absolute Gasteiger partial charge is 0.303 e. The Hall–Kier alpha value is -4.33. The summed E-state index contributed by atoms with van der Waals surface area (Å²) in [5, 5.41) is 12.2. The van der Waals surface area contributed by atoms with Gasteiger partial charge in [-0.25, -0.2) is 9.37 Å². The number of pyridine rings is 2. The first kappa shape index (κ1) is 23.4. The highest BCUT2D eigenvalue weighted by atomic mass is 19.1. The molecule has 8 heteroatoms. The van der Waals surface area contributed by atoms with Gasteiger partial charge in [0.25, 0.3) is 5.91 Å². The Morgan fingerprint density at radius 2 is 1.92 bits per heavy atom. The Morgan fingerprint density at radius 3 is 2.64 bits per heavy atom. The minimum atomic E-state index is -0.981. The van der Waals surface area contributed by atoms with Crippen molar-refractivity contribution < 1.29 is 19.1 Å². The van der Waals surface area contributed by atoms with Crippen molar-refractivity contribution >= 4 is 22.9 Å². The number of nitrogens with zero attached hydrogens (tertiary/aromatic N) is 2. The first-order valence-corrected chi connectivity index (χ1v) is 11.7. The lowest BCUT2D eigenvalue weighted by molar-refractivity contribution is -0.137. The highest BCUT2D eigenvalue weighted by Gasteiger charge is 2.26. The number of hydrogen-bond donors (Lipinski definition) is 2. The lowest BCUT2D eigenvalue weighted by atomic mass is 9.94. The second-order valence-corrected chi connectivity index (χ2v) is 9.15. The highest BCUT2D eigenvalue weighted by Crippen LogP contribution is 2.29. The largest absolute Gasteiger partial charge is 0.481 e. The Bertz CT molecular complexity index is 1560. The molecule has 1 atom stereocenters. The van der Waals surface area contributed by atoms with Crippen LogP contribution in [-0.4, -0.2) is 32.6 Å². The molecule has 0 radical (unpaired) electrons. The first-order chi connectivity index (χ1) is 17.3. The SMILES string of the molecule is C[C@H](CC(=O)O)c1ccc(-c2cccc(-n3cc(C(=O)NC4CC4)c(=O)c4cccnc43)c2)cc1F. The summed E-state index contributed by atoms with van der Waals surface area (Å²) in [5.74, 6) is -2.32. The van der Waals surface area contributed by atoms with Crippen LogP contribution in [0.1, 0.15) is 48.0 Å². The minimum absolute atomic E-state index is 0.0376. The zero-order valence-corrected chi connectivity index (χ0v) is 19.6. The second-order valence-electron chi connectivity index (χ2n) is 9.15. The molecule has 5 rings (SSSR count). The van der Waals surface area contributed by atoms with Crippen LogP contribution in [0.2, 0.25) is 0 Å². The van der Waals surface area contributed by atoms with Crippen LogP contribution in [0.3, 0.4) is 0 Å².